The van der Waals surface area contributed by atoms with Gasteiger partial charge in [-0.3, -0.25) is 14.2 Å². The van der Waals surface area contributed by atoms with Gasteiger partial charge in [-0.2, -0.15) is 10.2 Å². The number of rotatable bonds is 7. The third kappa shape index (κ3) is 3.97. The molecule has 7 nitrogen and oxygen atoms in total. The Kier molecular flexibility index (Phi) is 5.52. The smallest absolute Gasteiger partial charge is 0.255 e. The Morgan fingerprint density at radius 3 is 2.65 bits per heavy atom. The zero-order valence-electron chi connectivity index (χ0n) is 14.6. The summed E-state index contributed by atoms with van der Waals surface area (Å²) < 4.78 is 3.58. The van der Waals surface area contributed by atoms with Crippen LogP contribution < -0.4 is 5.32 Å². The van der Waals surface area contributed by atoms with Crippen molar-refractivity contribution in [2.45, 2.75) is 53.1 Å². The van der Waals surface area contributed by atoms with Crippen molar-refractivity contribution in [2.24, 2.45) is 13.0 Å². The fourth-order valence-electron chi connectivity index (χ4n) is 2.66. The summed E-state index contributed by atoms with van der Waals surface area (Å²) in [5.74, 6) is 1.09. The summed E-state index contributed by atoms with van der Waals surface area (Å²) in [6, 6.07) is -0.163. The summed E-state index contributed by atoms with van der Waals surface area (Å²) in [6.45, 7) is 9.09. The van der Waals surface area contributed by atoms with Crippen molar-refractivity contribution in [2.75, 3.05) is 0 Å². The molecule has 1 amide bonds. The first kappa shape index (κ1) is 17.2. The van der Waals surface area contributed by atoms with E-state index in [1.807, 2.05) is 18.7 Å². The zero-order chi connectivity index (χ0) is 17.0. The Balaban J connectivity index is 2.19. The van der Waals surface area contributed by atoms with Gasteiger partial charge in [-0.1, -0.05) is 20.8 Å². The van der Waals surface area contributed by atoms with Crippen LogP contribution in [0.5, 0.6) is 0 Å². The van der Waals surface area contributed by atoms with Gasteiger partial charge in [0.25, 0.3) is 5.91 Å². The highest BCUT2D eigenvalue weighted by Gasteiger charge is 2.23. The number of aromatic nitrogens is 5. The van der Waals surface area contributed by atoms with Gasteiger partial charge in [-0.15, -0.1) is 0 Å². The largest absolute Gasteiger partial charge is 0.342 e. The molecule has 0 fully saturated rings. The molecule has 2 heterocycles. The molecular formula is C16H26N6O. The van der Waals surface area contributed by atoms with Gasteiger partial charge in [0.2, 0.25) is 0 Å². The lowest BCUT2D eigenvalue weighted by molar-refractivity contribution is 0.0928. The summed E-state index contributed by atoms with van der Waals surface area (Å²) in [6.07, 6.45) is 4.95. The highest BCUT2D eigenvalue weighted by Crippen LogP contribution is 2.20. The van der Waals surface area contributed by atoms with E-state index in [0.29, 0.717) is 11.5 Å². The quantitative estimate of drug-likeness (QED) is 0.849. The van der Waals surface area contributed by atoms with Crippen molar-refractivity contribution in [1.29, 1.82) is 0 Å². The lowest BCUT2D eigenvalue weighted by atomic mass is 10.0. The van der Waals surface area contributed by atoms with Crippen LogP contribution in [-0.4, -0.2) is 30.5 Å². The third-order valence-electron chi connectivity index (χ3n) is 3.85. The molecule has 2 aromatic rings. The highest BCUT2D eigenvalue weighted by atomic mass is 16.1. The number of amides is 1. The van der Waals surface area contributed by atoms with Crippen molar-refractivity contribution in [3.8, 4) is 0 Å². The molecule has 0 aromatic carbocycles. The first-order valence-electron chi connectivity index (χ1n) is 8.11. The van der Waals surface area contributed by atoms with Gasteiger partial charge in [-0.05, 0) is 25.7 Å². The average Bonchev–Trinajstić information content (AvgIpc) is 3.05. The first-order chi connectivity index (χ1) is 10.9. The Bertz CT molecular complexity index is 657. The second-order valence-corrected chi connectivity index (χ2v) is 6.26. The molecule has 2 aromatic heterocycles. The van der Waals surface area contributed by atoms with Crippen LogP contribution in [0.2, 0.25) is 0 Å². The number of nitrogens with one attached hydrogen (secondary N) is 1. The number of hydrogen-bond acceptors (Lipinski definition) is 4. The third-order valence-corrected chi connectivity index (χ3v) is 3.85. The van der Waals surface area contributed by atoms with Crippen molar-refractivity contribution in [3.63, 3.8) is 0 Å². The van der Waals surface area contributed by atoms with Gasteiger partial charge in [0.15, 0.2) is 0 Å². The standard InChI is InChI=1S/C16H26N6O/c1-6-7-22-12(4)13(9-18-22)16(23)20-14(8-11(2)3)15-17-10-19-21(15)5/h9-11,14H,6-8H2,1-5H3,(H,20,23)/t14-/m0/s1. The van der Waals surface area contributed by atoms with Crippen LogP contribution in [0.3, 0.4) is 0 Å². The van der Waals surface area contributed by atoms with E-state index in [1.54, 1.807) is 10.9 Å². The fourth-order valence-corrected chi connectivity index (χ4v) is 2.66. The minimum atomic E-state index is -0.163. The predicted octanol–water partition coefficient (Wildman–Crippen LogP) is 2.25. The zero-order valence-corrected chi connectivity index (χ0v) is 14.6. The number of carbonyl (C=O) groups is 1. The van der Waals surface area contributed by atoms with Gasteiger partial charge >= 0.3 is 0 Å². The van der Waals surface area contributed by atoms with Crippen molar-refractivity contribution < 1.29 is 4.79 Å². The van der Waals surface area contributed by atoms with Crippen molar-refractivity contribution in [3.05, 3.63) is 29.6 Å². The second kappa shape index (κ2) is 7.39. The lowest BCUT2D eigenvalue weighted by Gasteiger charge is -2.19. The van der Waals surface area contributed by atoms with Crippen molar-refractivity contribution in [1.82, 2.24) is 29.9 Å². The highest BCUT2D eigenvalue weighted by molar-refractivity contribution is 5.95. The summed E-state index contributed by atoms with van der Waals surface area (Å²) in [5, 5.41) is 11.5. The van der Waals surface area contributed by atoms with Crippen LogP contribution in [0.25, 0.3) is 0 Å². The molecule has 0 aliphatic carbocycles. The monoisotopic (exact) mass is 318 g/mol. The Morgan fingerprint density at radius 2 is 2.09 bits per heavy atom. The molecule has 0 spiro atoms. The van der Waals surface area contributed by atoms with Gasteiger partial charge in [0.1, 0.15) is 12.2 Å². The van der Waals surface area contributed by atoms with E-state index in [1.165, 1.54) is 6.33 Å². The molecule has 0 radical (unpaired) electrons. The van der Waals surface area contributed by atoms with E-state index in [2.05, 4.69) is 41.3 Å². The number of nitrogens with zero attached hydrogens (tertiary/aromatic N) is 5. The Morgan fingerprint density at radius 1 is 1.35 bits per heavy atom. The van der Waals surface area contributed by atoms with Crippen LogP contribution in [-0.2, 0) is 13.6 Å². The fraction of sp³-hybridized carbons (Fsp3) is 0.625. The normalized spacial score (nSPS) is 12.6. The first-order valence-corrected chi connectivity index (χ1v) is 8.11. The maximum absolute atomic E-state index is 12.7. The van der Waals surface area contributed by atoms with E-state index in [4.69, 9.17) is 0 Å². The molecule has 23 heavy (non-hydrogen) atoms. The molecule has 0 saturated heterocycles. The molecule has 0 saturated carbocycles. The molecule has 0 aliphatic rings. The Labute approximate surface area is 137 Å². The average molecular weight is 318 g/mol. The van der Waals surface area contributed by atoms with Gasteiger partial charge in [0.05, 0.1) is 17.8 Å². The van der Waals surface area contributed by atoms with Crippen LogP contribution in [0.1, 0.15) is 61.5 Å². The number of hydrogen-bond donors (Lipinski definition) is 1. The summed E-state index contributed by atoms with van der Waals surface area (Å²) in [5.41, 5.74) is 1.51. The van der Waals surface area contributed by atoms with Crippen LogP contribution in [0.15, 0.2) is 12.5 Å². The predicted molar refractivity (Wildman–Crippen MR) is 87.9 cm³/mol. The lowest BCUT2D eigenvalue weighted by Crippen LogP contribution is -2.31. The maximum Gasteiger partial charge on any atom is 0.255 e. The van der Waals surface area contributed by atoms with Crippen LogP contribution >= 0.6 is 0 Å². The molecule has 0 unspecified atom stereocenters. The number of aryl methyl sites for hydroxylation is 2. The minimum Gasteiger partial charge on any atom is -0.342 e. The number of carbonyl (C=O) groups excluding carboxylic acids is 1. The minimum absolute atomic E-state index is 0.112. The van der Waals surface area contributed by atoms with E-state index < -0.39 is 0 Å². The maximum atomic E-state index is 12.7. The topological polar surface area (TPSA) is 77.6 Å². The van der Waals surface area contributed by atoms with E-state index in [9.17, 15) is 4.79 Å². The SMILES string of the molecule is CCCn1ncc(C(=O)N[C@@H](CC(C)C)c2ncnn2C)c1C. The molecule has 0 aliphatic heterocycles. The van der Waals surface area contributed by atoms with Gasteiger partial charge in [-0.25, -0.2) is 4.98 Å². The van der Waals surface area contributed by atoms with Crippen LogP contribution in [0.4, 0.5) is 0 Å². The van der Waals surface area contributed by atoms with E-state index >= 15 is 0 Å². The summed E-state index contributed by atoms with van der Waals surface area (Å²) in [7, 11) is 1.84. The molecule has 2 rings (SSSR count). The molecule has 1 atom stereocenters. The van der Waals surface area contributed by atoms with Gasteiger partial charge in [0, 0.05) is 19.3 Å². The van der Waals surface area contributed by atoms with Gasteiger partial charge < -0.3 is 5.32 Å². The van der Waals surface area contributed by atoms with E-state index in [-0.39, 0.29) is 11.9 Å². The molecule has 1 N–H and O–H groups in total. The molecular weight excluding hydrogens is 292 g/mol. The summed E-state index contributed by atoms with van der Waals surface area (Å²) >= 11 is 0. The second-order valence-electron chi connectivity index (χ2n) is 6.26. The molecule has 126 valence electrons. The Hall–Kier alpha value is -2.18. The van der Waals surface area contributed by atoms with E-state index in [0.717, 1.165) is 30.9 Å². The molecule has 7 heteroatoms. The van der Waals surface area contributed by atoms with Crippen LogP contribution in [0, 0.1) is 12.8 Å². The molecule has 0 bridgehead atoms. The summed E-state index contributed by atoms with van der Waals surface area (Å²) in [4.78, 5) is 16.9. The van der Waals surface area contributed by atoms with Crippen molar-refractivity contribution >= 4 is 5.91 Å².